The first-order valence-electron chi connectivity index (χ1n) is 6.29. The van der Waals surface area contributed by atoms with Crippen molar-refractivity contribution >= 4 is 11.9 Å². The molecule has 0 radical (unpaired) electrons. The summed E-state index contributed by atoms with van der Waals surface area (Å²) in [4.78, 5) is 23.5. The van der Waals surface area contributed by atoms with Crippen molar-refractivity contribution in [2.24, 2.45) is 0 Å². The van der Waals surface area contributed by atoms with E-state index >= 15 is 0 Å². The van der Waals surface area contributed by atoms with Crippen molar-refractivity contribution in [3.8, 4) is 0 Å². The predicted molar refractivity (Wildman–Crippen MR) is 72.5 cm³/mol. The highest BCUT2D eigenvalue weighted by molar-refractivity contribution is 5.83. The number of carbonyl (C=O) groups is 2. The number of nitrogens with one attached hydrogen (secondary N) is 2. The van der Waals surface area contributed by atoms with Crippen LogP contribution in [0.5, 0.6) is 0 Å². The Bertz CT molecular complexity index is 420. The highest BCUT2D eigenvalue weighted by Crippen LogP contribution is 2.15. The first-order valence-corrected chi connectivity index (χ1v) is 6.29. The molecule has 0 saturated heterocycles. The molecule has 1 aromatic carbocycles. The van der Waals surface area contributed by atoms with Crippen molar-refractivity contribution in [2.45, 2.75) is 25.9 Å². The molecule has 0 saturated carbocycles. The second-order valence-electron chi connectivity index (χ2n) is 4.10. The van der Waals surface area contributed by atoms with Gasteiger partial charge in [0.05, 0.1) is 12.6 Å². The maximum Gasteiger partial charge on any atom is 0.327 e. The molecule has 0 heterocycles. The van der Waals surface area contributed by atoms with Crippen molar-refractivity contribution in [1.29, 1.82) is 0 Å². The van der Waals surface area contributed by atoms with Crippen LogP contribution in [0.4, 0.5) is 0 Å². The Hall–Kier alpha value is -1.88. The van der Waals surface area contributed by atoms with E-state index in [-0.39, 0.29) is 11.9 Å². The summed E-state index contributed by atoms with van der Waals surface area (Å²) in [5.74, 6) is -0.560. The number of amides is 1. The minimum absolute atomic E-state index is 0.176. The SMILES string of the molecule is CCOC(=O)C(NC(C)C(=O)NC)c1ccccc1. The van der Waals surface area contributed by atoms with Gasteiger partial charge < -0.3 is 10.1 Å². The van der Waals surface area contributed by atoms with Gasteiger partial charge >= 0.3 is 5.97 Å². The molecule has 5 nitrogen and oxygen atoms in total. The molecule has 0 aliphatic carbocycles. The lowest BCUT2D eigenvalue weighted by Crippen LogP contribution is -2.44. The molecule has 0 fully saturated rings. The van der Waals surface area contributed by atoms with Crippen LogP contribution in [0, 0.1) is 0 Å². The lowest BCUT2D eigenvalue weighted by Gasteiger charge is -2.21. The molecule has 1 aromatic rings. The molecule has 5 heteroatoms. The van der Waals surface area contributed by atoms with E-state index in [2.05, 4.69) is 10.6 Å². The molecule has 1 amide bonds. The van der Waals surface area contributed by atoms with E-state index < -0.39 is 12.1 Å². The van der Waals surface area contributed by atoms with Crippen LogP contribution in [0.15, 0.2) is 30.3 Å². The second-order valence-corrected chi connectivity index (χ2v) is 4.10. The van der Waals surface area contributed by atoms with E-state index in [4.69, 9.17) is 4.74 Å². The van der Waals surface area contributed by atoms with Crippen LogP contribution in [0.25, 0.3) is 0 Å². The summed E-state index contributed by atoms with van der Waals surface area (Å²) >= 11 is 0. The zero-order valence-electron chi connectivity index (χ0n) is 11.5. The minimum atomic E-state index is -0.645. The summed E-state index contributed by atoms with van der Waals surface area (Å²) in [5.41, 5.74) is 0.775. The zero-order valence-corrected chi connectivity index (χ0v) is 11.5. The minimum Gasteiger partial charge on any atom is -0.465 e. The quantitative estimate of drug-likeness (QED) is 0.753. The van der Waals surface area contributed by atoms with Crippen molar-refractivity contribution in [3.63, 3.8) is 0 Å². The van der Waals surface area contributed by atoms with E-state index in [0.29, 0.717) is 6.61 Å². The van der Waals surface area contributed by atoms with E-state index in [9.17, 15) is 9.59 Å². The van der Waals surface area contributed by atoms with Gasteiger partial charge in [-0.15, -0.1) is 0 Å². The fourth-order valence-corrected chi connectivity index (χ4v) is 1.71. The zero-order chi connectivity index (χ0) is 14.3. The van der Waals surface area contributed by atoms with Crippen LogP contribution < -0.4 is 10.6 Å². The smallest absolute Gasteiger partial charge is 0.327 e. The Morgan fingerprint density at radius 2 is 1.89 bits per heavy atom. The average molecular weight is 264 g/mol. The summed E-state index contributed by atoms with van der Waals surface area (Å²) in [7, 11) is 1.56. The highest BCUT2D eigenvalue weighted by Gasteiger charge is 2.25. The molecule has 2 atom stereocenters. The van der Waals surface area contributed by atoms with E-state index in [1.165, 1.54) is 0 Å². The molecule has 19 heavy (non-hydrogen) atoms. The summed E-state index contributed by atoms with van der Waals surface area (Å²) in [6.07, 6.45) is 0. The van der Waals surface area contributed by atoms with E-state index in [0.717, 1.165) is 5.56 Å². The molecule has 1 rings (SSSR count). The third kappa shape index (κ3) is 4.37. The van der Waals surface area contributed by atoms with Gasteiger partial charge in [-0.3, -0.25) is 10.1 Å². The first-order chi connectivity index (χ1) is 9.10. The van der Waals surface area contributed by atoms with Gasteiger partial charge in [0, 0.05) is 7.05 Å². The number of hydrogen-bond donors (Lipinski definition) is 2. The number of likely N-dealkylation sites (N-methyl/N-ethyl adjacent to an activating group) is 1. The molecule has 2 N–H and O–H groups in total. The Morgan fingerprint density at radius 3 is 2.42 bits per heavy atom. The number of esters is 1. The van der Waals surface area contributed by atoms with Crippen LogP contribution in [0.3, 0.4) is 0 Å². The summed E-state index contributed by atoms with van der Waals surface area (Å²) in [6, 6.07) is 8.07. The summed E-state index contributed by atoms with van der Waals surface area (Å²) in [5, 5.41) is 5.52. The van der Waals surface area contributed by atoms with Gasteiger partial charge in [-0.05, 0) is 19.4 Å². The Morgan fingerprint density at radius 1 is 1.26 bits per heavy atom. The largest absolute Gasteiger partial charge is 0.465 e. The van der Waals surface area contributed by atoms with Gasteiger partial charge in [0.15, 0.2) is 0 Å². The number of rotatable bonds is 6. The second kappa shape index (κ2) is 7.53. The standard InChI is InChI=1S/C14H20N2O3/c1-4-19-14(18)12(11-8-6-5-7-9-11)16-10(2)13(17)15-3/h5-10,12,16H,4H2,1-3H3,(H,15,17). The molecular weight excluding hydrogens is 244 g/mol. The predicted octanol–water partition coefficient (Wildman–Crippen LogP) is 1.01. The third-order valence-corrected chi connectivity index (χ3v) is 2.71. The number of benzene rings is 1. The number of hydrogen-bond acceptors (Lipinski definition) is 4. The number of ether oxygens (including phenoxy) is 1. The maximum absolute atomic E-state index is 12.0. The molecule has 104 valence electrons. The van der Waals surface area contributed by atoms with Crippen molar-refractivity contribution in [2.75, 3.05) is 13.7 Å². The summed E-state index contributed by atoms with van der Waals surface area (Å²) in [6.45, 7) is 3.76. The lowest BCUT2D eigenvalue weighted by atomic mass is 10.1. The van der Waals surface area contributed by atoms with Gasteiger partial charge in [0.1, 0.15) is 6.04 Å². The monoisotopic (exact) mass is 264 g/mol. The molecule has 0 spiro atoms. The van der Waals surface area contributed by atoms with Crippen molar-refractivity contribution in [3.05, 3.63) is 35.9 Å². The van der Waals surface area contributed by atoms with Gasteiger partial charge in [-0.25, -0.2) is 4.79 Å². The Kier molecular flexibility index (Phi) is 6.02. The van der Waals surface area contributed by atoms with Gasteiger partial charge in [-0.2, -0.15) is 0 Å². The normalized spacial score (nSPS) is 13.4. The van der Waals surface area contributed by atoms with Crippen LogP contribution in [-0.4, -0.2) is 31.6 Å². The van der Waals surface area contributed by atoms with E-state index in [1.807, 2.05) is 30.3 Å². The van der Waals surface area contributed by atoms with Crippen LogP contribution in [0.1, 0.15) is 25.5 Å². The topological polar surface area (TPSA) is 67.4 Å². The molecular formula is C14H20N2O3. The fraction of sp³-hybridized carbons (Fsp3) is 0.429. The molecule has 0 bridgehead atoms. The lowest BCUT2D eigenvalue weighted by molar-refractivity contribution is -0.146. The fourth-order valence-electron chi connectivity index (χ4n) is 1.71. The molecule has 0 aliphatic heterocycles. The van der Waals surface area contributed by atoms with Crippen LogP contribution >= 0.6 is 0 Å². The third-order valence-electron chi connectivity index (χ3n) is 2.71. The van der Waals surface area contributed by atoms with Crippen molar-refractivity contribution in [1.82, 2.24) is 10.6 Å². The first kappa shape index (κ1) is 15.2. The molecule has 0 aliphatic rings. The highest BCUT2D eigenvalue weighted by atomic mass is 16.5. The van der Waals surface area contributed by atoms with Crippen LogP contribution in [-0.2, 0) is 14.3 Å². The average Bonchev–Trinajstić information content (AvgIpc) is 2.44. The Balaban J connectivity index is 2.87. The van der Waals surface area contributed by atoms with E-state index in [1.54, 1.807) is 20.9 Å². The number of carbonyl (C=O) groups excluding carboxylic acids is 2. The van der Waals surface area contributed by atoms with Crippen molar-refractivity contribution < 1.29 is 14.3 Å². The maximum atomic E-state index is 12.0. The van der Waals surface area contributed by atoms with Crippen LogP contribution in [0.2, 0.25) is 0 Å². The Labute approximate surface area is 113 Å². The summed E-state index contributed by atoms with van der Waals surface area (Å²) < 4.78 is 5.04. The molecule has 2 unspecified atom stereocenters. The van der Waals surface area contributed by atoms with Gasteiger partial charge in [0.25, 0.3) is 0 Å². The van der Waals surface area contributed by atoms with Gasteiger partial charge in [-0.1, -0.05) is 30.3 Å². The molecule has 0 aromatic heterocycles. The van der Waals surface area contributed by atoms with Gasteiger partial charge in [0.2, 0.25) is 5.91 Å².